The van der Waals surface area contributed by atoms with E-state index in [9.17, 15) is 4.79 Å². The molecule has 2 heterocycles. The lowest BCUT2D eigenvalue weighted by atomic mass is 9.67. The Bertz CT molecular complexity index is 972. The molecule has 0 saturated heterocycles. The third-order valence-electron chi connectivity index (χ3n) is 6.28. The van der Waals surface area contributed by atoms with Crippen LogP contribution in [0.15, 0.2) is 18.5 Å². The predicted octanol–water partition coefficient (Wildman–Crippen LogP) is 1.95. The van der Waals surface area contributed by atoms with E-state index in [0.717, 1.165) is 12.8 Å². The fourth-order valence-corrected chi connectivity index (χ4v) is 4.83. The van der Waals surface area contributed by atoms with Gasteiger partial charge in [-0.05, 0) is 31.1 Å². The van der Waals surface area contributed by atoms with Crippen LogP contribution in [-0.2, 0) is 0 Å². The molecule has 10 heteroatoms. The van der Waals surface area contributed by atoms with Gasteiger partial charge in [0.25, 0.3) is 5.91 Å². The molecule has 2 fully saturated rings. The minimum Gasteiger partial charge on any atom is -0.380 e. The topological polar surface area (TPSA) is 155 Å². The van der Waals surface area contributed by atoms with Crippen LogP contribution in [0, 0.1) is 23.2 Å². The van der Waals surface area contributed by atoms with Crippen molar-refractivity contribution in [1.82, 2.24) is 25.5 Å². The Hall–Kier alpha value is -3.32. The van der Waals surface area contributed by atoms with Gasteiger partial charge in [0.05, 0.1) is 18.1 Å². The number of carbonyl (C=O) groups is 1. The van der Waals surface area contributed by atoms with Crippen molar-refractivity contribution in [3.05, 3.63) is 29.8 Å². The van der Waals surface area contributed by atoms with Crippen molar-refractivity contribution >= 4 is 23.2 Å². The number of nitriles is 1. The molecule has 0 aromatic carbocycles. The molecule has 31 heavy (non-hydrogen) atoms. The fraction of sp³-hybridized carbons (Fsp3) is 0.524. The second-order valence-electron chi connectivity index (χ2n) is 8.28. The molecular weight excluding hydrogens is 394 g/mol. The molecule has 2 aromatic rings. The van der Waals surface area contributed by atoms with E-state index in [4.69, 9.17) is 11.0 Å². The summed E-state index contributed by atoms with van der Waals surface area (Å²) in [6, 6.07) is 4.01. The molecule has 4 atom stereocenters. The Morgan fingerprint density at radius 3 is 2.74 bits per heavy atom. The minimum absolute atomic E-state index is 0.168. The number of nitrogens with two attached hydrogens (primary N) is 1. The number of aromatic nitrogens is 4. The van der Waals surface area contributed by atoms with Crippen molar-refractivity contribution in [2.75, 3.05) is 17.7 Å². The van der Waals surface area contributed by atoms with E-state index in [0.29, 0.717) is 29.2 Å². The van der Waals surface area contributed by atoms with Crippen LogP contribution in [0.3, 0.4) is 0 Å². The van der Waals surface area contributed by atoms with Crippen LogP contribution in [0.2, 0.25) is 0 Å². The SMILES string of the molecule is CNC(=O)c1nnc(Nc2cnc(C#N)cn2)cc1NC1CC(N)C2CCCCC2C1. The first-order chi connectivity index (χ1) is 15.1. The summed E-state index contributed by atoms with van der Waals surface area (Å²) in [5.41, 5.74) is 7.58. The molecule has 2 aromatic heterocycles. The zero-order valence-corrected chi connectivity index (χ0v) is 17.5. The lowest BCUT2D eigenvalue weighted by Gasteiger charge is -2.43. The van der Waals surface area contributed by atoms with Crippen LogP contribution < -0.4 is 21.7 Å². The van der Waals surface area contributed by atoms with Crippen molar-refractivity contribution in [3.8, 4) is 6.07 Å². The largest absolute Gasteiger partial charge is 0.380 e. The average Bonchev–Trinajstić information content (AvgIpc) is 2.79. The summed E-state index contributed by atoms with van der Waals surface area (Å²) in [7, 11) is 1.56. The number of rotatable bonds is 5. The normalized spacial score (nSPS) is 25.1. The van der Waals surface area contributed by atoms with Gasteiger partial charge >= 0.3 is 0 Å². The Morgan fingerprint density at radius 1 is 1.16 bits per heavy atom. The molecule has 0 spiro atoms. The Labute approximate surface area is 181 Å². The van der Waals surface area contributed by atoms with Gasteiger partial charge in [0.1, 0.15) is 11.9 Å². The fourth-order valence-electron chi connectivity index (χ4n) is 4.83. The molecular formula is C21H27N9O. The lowest BCUT2D eigenvalue weighted by Crippen LogP contribution is -2.47. The highest BCUT2D eigenvalue weighted by Crippen LogP contribution is 2.40. The third kappa shape index (κ3) is 4.72. The van der Waals surface area contributed by atoms with E-state index in [1.54, 1.807) is 13.1 Å². The second-order valence-corrected chi connectivity index (χ2v) is 8.28. The van der Waals surface area contributed by atoms with Crippen molar-refractivity contribution < 1.29 is 4.79 Å². The number of nitrogens with zero attached hydrogens (tertiary/aromatic N) is 5. The van der Waals surface area contributed by atoms with Crippen molar-refractivity contribution in [3.63, 3.8) is 0 Å². The highest BCUT2D eigenvalue weighted by molar-refractivity contribution is 5.97. The van der Waals surface area contributed by atoms with Gasteiger partial charge in [-0.2, -0.15) is 5.26 Å². The smallest absolute Gasteiger partial charge is 0.273 e. The molecule has 162 valence electrons. The number of amides is 1. The van der Waals surface area contributed by atoms with Crippen LogP contribution in [0.4, 0.5) is 17.3 Å². The summed E-state index contributed by atoms with van der Waals surface area (Å²) in [5.74, 6) is 1.77. The molecule has 5 N–H and O–H groups in total. The highest BCUT2D eigenvalue weighted by atomic mass is 16.1. The van der Waals surface area contributed by atoms with Gasteiger partial charge in [-0.3, -0.25) is 4.79 Å². The average molecular weight is 422 g/mol. The van der Waals surface area contributed by atoms with Gasteiger partial charge in [-0.15, -0.1) is 10.2 Å². The molecule has 0 aliphatic heterocycles. The van der Waals surface area contributed by atoms with Crippen LogP contribution in [0.5, 0.6) is 0 Å². The maximum atomic E-state index is 12.4. The van der Waals surface area contributed by atoms with Gasteiger partial charge in [-0.25, -0.2) is 9.97 Å². The Balaban J connectivity index is 1.54. The molecule has 0 bridgehead atoms. The molecule has 10 nitrogen and oxygen atoms in total. The van der Waals surface area contributed by atoms with Crippen LogP contribution in [0.25, 0.3) is 0 Å². The zero-order chi connectivity index (χ0) is 21.8. The van der Waals surface area contributed by atoms with E-state index < -0.39 is 0 Å². The number of hydrogen-bond donors (Lipinski definition) is 4. The molecule has 1 amide bonds. The summed E-state index contributed by atoms with van der Waals surface area (Å²) in [5, 5.41) is 26.2. The third-order valence-corrected chi connectivity index (χ3v) is 6.28. The summed E-state index contributed by atoms with van der Waals surface area (Å²) < 4.78 is 0. The molecule has 0 radical (unpaired) electrons. The Morgan fingerprint density at radius 2 is 2.00 bits per heavy atom. The molecule has 4 unspecified atom stereocenters. The van der Waals surface area contributed by atoms with Crippen molar-refractivity contribution in [2.45, 2.75) is 50.6 Å². The number of hydrogen-bond acceptors (Lipinski definition) is 9. The van der Waals surface area contributed by atoms with E-state index >= 15 is 0 Å². The summed E-state index contributed by atoms with van der Waals surface area (Å²) in [6.07, 6.45) is 9.70. The maximum absolute atomic E-state index is 12.4. The van der Waals surface area contributed by atoms with Gasteiger partial charge in [-0.1, -0.05) is 19.3 Å². The van der Waals surface area contributed by atoms with Crippen LogP contribution in [-0.4, -0.2) is 45.2 Å². The van der Waals surface area contributed by atoms with Gasteiger partial charge in [0.15, 0.2) is 17.2 Å². The summed E-state index contributed by atoms with van der Waals surface area (Å²) >= 11 is 0. The number of carbonyl (C=O) groups excluding carboxylic acids is 1. The second kappa shape index (κ2) is 9.22. The number of nitrogens with one attached hydrogen (secondary N) is 3. The quantitative estimate of drug-likeness (QED) is 0.567. The van der Waals surface area contributed by atoms with Crippen LogP contribution >= 0.6 is 0 Å². The molecule has 4 rings (SSSR count). The van der Waals surface area contributed by atoms with E-state index in [1.165, 1.54) is 38.1 Å². The standard InChI is InChI=1S/C21H27N9O/c1-24-21(31)20-17(27-13-6-12-4-2-3-5-15(12)16(23)7-13)8-18(29-30-20)28-19-11-25-14(9-22)10-26-19/h8,10-13,15-16H,2-7,23H2,1H3,(H,24,31)(H2,26,27,28,29). The first-order valence-corrected chi connectivity index (χ1v) is 10.7. The molecule has 2 aliphatic carbocycles. The van der Waals surface area contributed by atoms with Crippen LogP contribution in [0.1, 0.15) is 54.7 Å². The molecule has 2 saturated carbocycles. The van der Waals surface area contributed by atoms with E-state index in [2.05, 4.69) is 36.1 Å². The minimum atomic E-state index is -0.310. The zero-order valence-electron chi connectivity index (χ0n) is 17.5. The van der Waals surface area contributed by atoms with Gasteiger partial charge in [0, 0.05) is 25.2 Å². The van der Waals surface area contributed by atoms with E-state index in [1.807, 2.05) is 6.07 Å². The van der Waals surface area contributed by atoms with Gasteiger partial charge < -0.3 is 21.7 Å². The number of anilines is 3. The highest BCUT2D eigenvalue weighted by Gasteiger charge is 2.37. The first-order valence-electron chi connectivity index (χ1n) is 10.7. The number of fused-ring (bicyclic) bond motifs is 1. The van der Waals surface area contributed by atoms with Gasteiger partial charge in [0.2, 0.25) is 0 Å². The monoisotopic (exact) mass is 421 g/mol. The summed E-state index contributed by atoms with van der Waals surface area (Å²) in [6.45, 7) is 0. The molecule has 2 aliphatic rings. The summed E-state index contributed by atoms with van der Waals surface area (Å²) in [4.78, 5) is 20.5. The van der Waals surface area contributed by atoms with Crippen molar-refractivity contribution in [1.29, 1.82) is 5.26 Å². The Kier molecular flexibility index (Phi) is 6.23. The maximum Gasteiger partial charge on any atom is 0.273 e. The van der Waals surface area contributed by atoms with Crippen molar-refractivity contribution in [2.24, 2.45) is 17.6 Å². The predicted molar refractivity (Wildman–Crippen MR) is 116 cm³/mol. The first kappa shape index (κ1) is 20.9. The van der Waals surface area contributed by atoms with E-state index in [-0.39, 0.29) is 29.4 Å². The lowest BCUT2D eigenvalue weighted by molar-refractivity contribution is 0.0958.